The van der Waals surface area contributed by atoms with E-state index in [1.54, 1.807) is 20.2 Å². The maximum Gasteiger partial charge on any atom is 0.157 e. The summed E-state index contributed by atoms with van der Waals surface area (Å²) in [7, 11) is 1.74. The van der Waals surface area contributed by atoms with Gasteiger partial charge in [0.15, 0.2) is 5.82 Å². The molecule has 1 saturated carbocycles. The fourth-order valence-electron chi connectivity index (χ4n) is 2.99. The van der Waals surface area contributed by atoms with Crippen molar-refractivity contribution in [3.05, 3.63) is 23.3 Å². The van der Waals surface area contributed by atoms with E-state index in [1.807, 2.05) is 6.92 Å². The highest BCUT2D eigenvalue weighted by atomic mass is 16.5. The number of hydrogen-bond donors (Lipinski definition) is 1. The zero-order valence-corrected chi connectivity index (χ0v) is 12.1. The maximum absolute atomic E-state index is 9.63. The molecule has 2 rings (SSSR count). The van der Waals surface area contributed by atoms with E-state index < -0.39 is 6.10 Å². The van der Waals surface area contributed by atoms with Gasteiger partial charge in [-0.3, -0.25) is 0 Å². The summed E-state index contributed by atoms with van der Waals surface area (Å²) in [5, 5.41) is 9.63. The van der Waals surface area contributed by atoms with Crippen LogP contribution in [0.4, 0.5) is 0 Å². The van der Waals surface area contributed by atoms with Crippen molar-refractivity contribution in [1.82, 2.24) is 9.97 Å². The Labute approximate surface area is 115 Å². The molecule has 4 nitrogen and oxygen atoms in total. The predicted molar refractivity (Wildman–Crippen MR) is 73.7 cm³/mol. The van der Waals surface area contributed by atoms with Crippen LogP contribution in [0.2, 0.25) is 0 Å². The van der Waals surface area contributed by atoms with Crippen molar-refractivity contribution in [2.45, 2.75) is 58.2 Å². The molecule has 0 amide bonds. The SMILES string of the molecule is COC(c1ncc([C@@H](C)O)c(C)n1)C1CCCCC1. The first-order valence-electron chi connectivity index (χ1n) is 7.17. The van der Waals surface area contributed by atoms with Crippen LogP contribution in [-0.4, -0.2) is 22.2 Å². The second-order valence-electron chi connectivity index (χ2n) is 5.50. The van der Waals surface area contributed by atoms with E-state index in [0.717, 1.165) is 17.1 Å². The number of ether oxygens (including phenoxy) is 1. The normalized spacial score (nSPS) is 20.2. The Kier molecular flexibility index (Phi) is 4.88. The number of nitrogens with zero attached hydrogens (tertiary/aromatic N) is 2. The molecule has 0 spiro atoms. The van der Waals surface area contributed by atoms with E-state index in [-0.39, 0.29) is 6.10 Å². The molecular formula is C15H24N2O2. The lowest BCUT2D eigenvalue weighted by molar-refractivity contribution is 0.0286. The Morgan fingerprint density at radius 1 is 1.32 bits per heavy atom. The van der Waals surface area contributed by atoms with Gasteiger partial charge < -0.3 is 9.84 Å². The van der Waals surface area contributed by atoms with Crippen LogP contribution in [0.5, 0.6) is 0 Å². The summed E-state index contributed by atoms with van der Waals surface area (Å²) in [5.74, 6) is 1.28. The number of aryl methyl sites for hydroxylation is 1. The van der Waals surface area contributed by atoms with Crippen LogP contribution >= 0.6 is 0 Å². The summed E-state index contributed by atoms with van der Waals surface area (Å²) in [5.41, 5.74) is 1.64. The van der Waals surface area contributed by atoms with Crippen LogP contribution in [0.1, 0.15) is 68.3 Å². The molecule has 0 bridgehead atoms. The van der Waals surface area contributed by atoms with Crippen LogP contribution in [0.15, 0.2) is 6.20 Å². The van der Waals surface area contributed by atoms with Crippen LogP contribution in [0.3, 0.4) is 0 Å². The van der Waals surface area contributed by atoms with Crippen molar-refractivity contribution in [1.29, 1.82) is 0 Å². The van der Waals surface area contributed by atoms with Gasteiger partial charge in [-0.1, -0.05) is 19.3 Å². The van der Waals surface area contributed by atoms with Crippen molar-refractivity contribution >= 4 is 0 Å². The molecule has 1 unspecified atom stereocenters. The summed E-state index contributed by atoms with van der Waals surface area (Å²) >= 11 is 0. The Bertz CT molecular complexity index is 415. The Morgan fingerprint density at radius 2 is 2.00 bits per heavy atom. The maximum atomic E-state index is 9.63. The zero-order valence-electron chi connectivity index (χ0n) is 12.1. The molecule has 1 heterocycles. The van der Waals surface area contributed by atoms with E-state index in [4.69, 9.17) is 4.74 Å². The fraction of sp³-hybridized carbons (Fsp3) is 0.733. The van der Waals surface area contributed by atoms with Gasteiger partial charge in [-0.15, -0.1) is 0 Å². The van der Waals surface area contributed by atoms with E-state index >= 15 is 0 Å². The minimum atomic E-state index is -0.523. The van der Waals surface area contributed by atoms with Gasteiger partial charge in [-0.25, -0.2) is 9.97 Å². The lowest BCUT2D eigenvalue weighted by Crippen LogP contribution is -2.20. The molecular weight excluding hydrogens is 240 g/mol. The van der Waals surface area contributed by atoms with Gasteiger partial charge in [0.05, 0.1) is 6.10 Å². The summed E-state index contributed by atoms with van der Waals surface area (Å²) < 4.78 is 5.64. The minimum absolute atomic E-state index is 0.0120. The van der Waals surface area contributed by atoms with Crippen molar-refractivity contribution in [2.24, 2.45) is 5.92 Å². The molecule has 1 aromatic heterocycles. The standard InChI is InChI=1S/C15H24N2O2/c1-10-13(11(2)18)9-16-15(17-10)14(19-3)12-7-5-4-6-8-12/h9,11-12,14,18H,4-8H2,1-3H3/t11-,14?/m1/s1. The van der Waals surface area contributed by atoms with Gasteiger partial charge in [-0.2, -0.15) is 0 Å². The molecule has 1 aromatic rings. The fourth-order valence-corrected chi connectivity index (χ4v) is 2.99. The van der Waals surface area contributed by atoms with E-state index in [0.29, 0.717) is 5.92 Å². The number of rotatable bonds is 4. The van der Waals surface area contributed by atoms with Gasteiger partial charge in [0.25, 0.3) is 0 Å². The van der Waals surface area contributed by atoms with Crippen LogP contribution in [0, 0.1) is 12.8 Å². The van der Waals surface area contributed by atoms with Crippen molar-refractivity contribution in [3.63, 3.8) is 0 Å². The summed E-state index contributed by atoms with van der Waals surface area (Å²) in [6.45, 7) is 3.65. The minimum Gasteiger partial charge on any atom is -0.389 e. The van der Waals surface area contributed by atoms with Gasteiger partial charge in [0.1, 0.15) is 6.10 Å². The number of aliphatic hydroxyl groups is 1. The summed E-state index contributed by atoms with van der Waals surface area (Å²) in [6, 6.07) is 0. The lowest BCUT2D eigenvalue weighted by atomic mass is 9.85. The van der Waals surface area contributed by atoms with E-state index in [9.17, 15) is 5.11 Å². The molecule has 0 aliphatic heterocycles. The topological polar surface area (TPSA) is 55.2 Å². The molecule has 1 aliphatic rings. The zero-order chi connectivity index (χ0) is 13.8. The molecule has 106 valence electrons. The molecule has 0 saturated heterocycles. The van der Waals surface area contributed by atoms with E-state index in [2.05, 4.69) is 9.97 Å². The first-order chi connectivity index (χ1) is 9.13. The Morgan fingerprint density at radius 3 is 2.53 bits per heavy atom. The Hall–Kier alpha value is -1.00. The smallest absolute Gasteiger partial charge is 0.157 e. The number of methoxy groups -OCH3 is 1. The molecule has 1 fully saturated rings. The molecule has 1 aliphatic carbocycles. The van der Waals surface area contributed by atoms with Gasteiger partial charge in [0, 0.05) is 24.6 Å². The van der Waals surface area contributed by atoms with Crippen LogP contribution in [-0.2, 0) is 4.74 Å². The highest BCUT2D eigenvalue weighted by molar-refractivity contribution is 5.19. The van der Waals surface area contributed by atoms with Gasteiger partial charge in [-0.05, 0) is 32.6 Å². The molecule has 1 N–H and O–H groups in total. The third-order valence-electron chi connectivity index (χ3n) is 4.07. The second kappa shape index (κ2) is 6.44. The van der Waals surface area contributed by atoms with E-state index in [1.165, 1.54) is 32.1 Å². The monoisotopic (exact) mass is 264 g/mol. The summed E-state index contributed by atoms with van der Waals surface area (Å²) in [6.07, 6.45) is 7.46. The quantitative estimate of drug-likeness (QED) is 0.908. The van der Waals surface area contributed by atoms with Crippen molar-refractivity contribution in [2.75, 3.05) is 7.11 Å². The average Bonchev–Trinajstić information content (AvgIpc) is 2.40. The highest BCUT2D eigenvalue weighted by Gasteiger charge is 2.27. The second-order valence-corrected chi connectivity index (χ2v) is 5.50. The highest BCUT2D eigenvalue weighted by Crippen LogP contribution is 2.35. The average molecular weight is 264 g/mol. The molecule has 0 radical (unpaired) electrons. The first-order valence-corrected chi connectivity index (χ1v) is 7.17. The third-order valence-corrected chi connectivity index (χ3v) is 4.07. The molecule has 19 heavy (non-hydrogen) atoms. The largest absolute Gasteiger partial charge is 0.389 e. The van der Waals surface area contributed by atoms with Crippen LogP contribution < -0.4 is 0 Å². The summed E-state index contributed by atoms with van der Waals surface area (Å²) in [4.78, 5) is 8.96. The first kappa shape index (κ1) is 14.4. The van der Waals surface area contributed by atoms with Crippen molar-refractivity contribution < 1.29 is 9.84 Å². The number of aliphatic hydroxyl groups excluding tert-OH is 1. The molecule has 2 atom stereocenters. The van der Waals surface area contributed by atoms with Crippen LogP contribution in [0.25, 0.3) is 0 Å². The van der Waals surface area contributed by atoms with Gasteiger partial charge in [0.2, 0.25) is 0 Å². The number of aromatic nitrogens is 2. The number of hydrogen-bond acceptors (Lipinski definition) is 4. The predicted octanol–water partition coefficient (Wildman–Crippen LogP) is 3.11. The van der Waals surface area contributed by atoms with Gasteiger partial charge >= 0.3 is 0 Å². The Balaban J connectivity index is 2.20. The lowest BCUT2D eigenvalue weighted by Gasteiger charge is -2.28. The van der Waals surface area contributed by atoms with Crippen molar-refractivity contribution in [3.8, 4) is 0 Å². The molecule has 4 heteroatoms. The molecule has 0 aromatic carbocycles. The third kappa shape index (κ3) is 3.31.